The molecule has 2 aliphatic heterocycles. The van der Waals surface area contributed by atoms with Crippen LogP contribution in [0.2, 0.25) is 0 Å². The average Bonchev–Trinajstić information content (AvgIpc) is 3.32. The van der Waals surface area contributed by atoms with Crippen LogP contribution < -0.4 is 25.3 Å². The highest BCUT2D eigenvalue weighted by atomic mass is 32.1. The summed E-state index contributed by atoms with van der Waals surface area (Å²) in [5.41, 5.74) is 3.95. The molecule has 5 rings (SSSR count). The highest BCUT2D eigenvalue weighted by molar-refractivity contribution is 7.80. The smallest absolute Gasteiger partial charge is 0.232 e. The number of fused-ring (bicyclic) bond motifs is 1. The molecule has 1 fully saturated rings. The molecular formula is C26H29N7S. The van der Waals surface area contributed by atoms with Crippen molar-refractivity contribution in [3.8, 4) is 0 Å². The van der Waals surface area contributed by atoms with Crippen molar-refractivity contribution < 1.29 is 0 Å². The van der Waals surface area contributed by atoms with Crippen molar-refractivity contribution in [2.24, 2.45) is 0 Å². The zero-order valence-corrected chi connectivity index (χ0v) is 20.0. The molecule has 34 heavy (non-hydrogen) atoms. The van der Waals surface area contributed by atoms with Crippen LogP contribution in [0, 0.1) is 0 Å². The van der Waals surface area contributed by atoms with E-state index < -0.39 is 0 Å². The van der Waals surface area contributed by atoms with E-state index in [0.29, 0.717) is 17.6 Å². The number of hydrogen-bond acceptors (Lipinski definition) is 6. The molecule has 0 atom stereocenters. The first kappa shape index (κ1) is 22.2. The van der Waals surface area contributed by atoms with Gasteiger partial charge in [0, 0.05) is 57.6 Å². The highest BCUT2D eigenvalue weighted by Gasteiger charge is 2.24. The third kappa shape index (κ3) is 4.97. The molecule has 2 aromatic carbocycles. The van der Waals surface area contributed by atoms with Crippen LogP contribution in [-0.4, -0.2) is 47.8 Å². The number of para-hydroxylation sites is 1. The van der Waals surface area contributed by atoms with Gasteiger partial charge in [-0.1, -0.05) is 48.5 Å². The van der Waals surface area contributed by atoms with E-state index >= 15 is 0 Å². The van der Waals surface area contributed by atoms with Crippen molar-refractivity contribution in [1.29, 1.82) is 0 Å². The summed E-state index contributed by atoms with van der Waals surface area (Å²) >= 11 is 5.42. The van der Waals surface area contributed by atoms with Gasteiger partial charge < -0.3 is 25.3 Å². The Bertz CT molecular complexity index is 1130. The zero-order valence-electron chi connectivity index (χ0n) is 19.2. The number of piperazine rings is 1. The SMILES string of the molecule is C=CCNC(=S)Nc1nc(N2CCN(c3ccccc3)CC2)cc(N2Cc3ccccc3C2)n1. The number of aromatic nitrogens is 2. The third-order valence-corrected chi connectivity index (χ3v) is 6.47. The van der Waals surface area contributed by atoms with Crippen molar-refractivity contribution in [3.05, 3.63) is 84.4 Å². The Balaban J connectivity index is 1.36. The summed E-state index contributed by atoms with van der Waals surface area (Å²) < 4.78 is 0. The number of nitrogens with zero attached hydrogens (tertiary/aromatic N) is 5. The minimum Gasteiger partial charge on any atom is -0.368 e. The van der Waals surface area contributed by atoms with E-state index in [9.17, 15) is 0 Å². The average molecular weight is 472 g/mol. The van der Waals surface area contributed by atoms with Crippen LogP contribution in [0.4, 0.5) is 23.3 Å². The summed E-state index contributed by atoms with van der Waals surface area (Å²) in [5.74, 6) is 2.33. The van der Waals surface area contributed by atoms with E-state index in [1.807, 2.05) is 0 Å². The second kappa shape index (κ2) is 10.1. The Labute approximate surface area is 206 Å². The first-order valence-corrected chi connectivity index (χ1v) is 12.0. The number of rotatable bonds is 6. The monoisotopic (exact) mass is 471 g/mol. The number of anilines is 4. The molecule has 0 spiro atoms. The molecular weight excluding hydrogens is 442 g/mol. The molecule has 174 valence electrons. The fourth-order valence-corrected chi connectivity index (χ4v) is 4.61. The lowest BCUT2D eigenvalue weighted by molar-refractivity contribution is 0.647. The maximum atomic E-state index is 5.42. The van der Waals surface area contributed by atoms with E-state index in [1.165, 1.54) is 16.8 Å². The third-order valence-electron chi connectivity index (χ3n) is 6.22. The lowest BCUT2D eigenvalue weighted by Crippen LogP contribution is -2.47. The van der Waals surface area contributed by atoms with Gasteiger partial charge in [0.2, 0.25) is 5.95 Å². The molecule has 0 unspecified atom stereocenters. The number of hydrogen-bond donors (Lipinski definition) is 2. The summed E-state index contributed by atoms with van der Waals surface area (Å²) in [7, 11) is 0. The Morgan fingerprint density at radius 1 is 0.853 bits per heavy atom. The van der Waals surface area contributed by atoms with Crippen LogP contribution >= 0.6 is 12.2 Å². The lowest BCUT2D eigenvalue weighted by atomic mass is 10.1. The van der Waals surface area contributed by atoms with E-state index in [2.05, 4.69) is 92.6 Å². The zero-order chi connectivity index (χ0) is 23.3. The normalized spacial score (nSPS) is 15.1. The van der Waals surface area contributed by atoms with E-state index in [0.717, 1.165) is 50.9 Å². The second-order valence-corrected chi connectivity index (χ2v) is 8.87. The molecule has 7 nitrogen and oxygen atoms in total. The first-order chi connectivity index (χ1) is 16.7. The van der Waals surface area contributed by atoms with Gasteiger partial charge in [-0.15, -0.1) is 6.58 Å². The van der Waals surface area contributed by atoms with Crippen LogP contribution in [-0.2, 0) is 13.1 Å². The van der Waals surface area contributed by atoms with Crippen molar-refractivity contribution in [3.63, 3.8) is 0 Å². The van der Waals surface area contributed by atoms with Crippen molar-refractivity contribution in [2.45, 2.75) is 13.1 Å². The molecule has 2 aliphatic rings. The second-order valence-electron chi connectivity index (χ2n) is 8.47. The molecule has 1 aromatic heterocycles. The topological polar surface area (TPSA) is 59.6 Å². The van der Waals surface area contributed by atoms with Gasteiger partial charge in [-0.2, -0.15) is 9.97 Å². The summed E-state index contributed by atoms with van der Waals surface area (Å²) in [5, 5.41) is 6.75. The van der Waals surface area contributed by atoms with Gasteiger partial charge in [-0.3, -0.25) is 0 Å². The van der Waals surface area contributed by atoms with Gasteiger partial charge in [0.15, 0.2) is 5.11 Å². The predicted molar refractivity (Wildman–Crippen MR) is 144 cm³/mol. The van der Waals surface area contributed by atoms with Crippen LogP contribution in [0.15, 0.2) is 73.3 Å². The van der Waals surface area contributed by atoms with E-state index in [1.54, 1.807) is 6.08 Å². The molecule has 3 heterocycles. The minimum absolute atomic E-state index is 0.488. The predicted octanol–water partition coefficient (Wildman–Crippen LogP) is 3.80. The van der Waals surface area contributed by atoms with Gasteiger partial charge in [0.25, 0.3) is 0 Å². The van der Waals surface area contributed by atoms with E-state index in [-0.39, 0.29) is 0 Å². The van der Waals surface area contributed by atoms with Gasteiger partial charge in [0.1, 0.15) is 11.6 Å². The molecule has 0 amide bonds. The minimum atomic E-state index is 0.488. The molecule has 0 radical (unpaired) electrons. The molecule has 8 heteroatoms. The lowest BCUT2D eigenvalue weighted by Gasteiger charge is -2.37. The molecule has 2 N–H and O–H groups in total. The maximum Gasteiger partial charge on any atom is 0.232 e. The molecule has 1 saturated heterocycles. The van der Waals surface area contributed by atoms with Crippen molar-refractivity contribution in [1.82, 2.24) is 15.3 Å². The standard InChI is InChI=1S/C26H29N7S/c1-2-12-27-26(34)30-25-28-23(32-15-13-31(14-16-32)22-10-4-3-5-11-22)17-24(29-25)33-18-20-8-6-7-9-21(20)19-33/h2-11,17H,1,12-16,18-19H2,(H2,27,28,29,30,34). The van der Waals surface area contributed by atoms with Crippen LogP contribution in [0.25, 0.3) is 0 Å². The fraction of sp³-hybridized carbons (Fsp3) is 0.269. The summed E-state index contributed by atoms with van der Waals surface area (Å²) in [6.07, 6.45) is 1.77. The van der Waals surface area contributed by atoms with Gasteiger partial charge in [-0.25, -0.2) is 0 Å². The Kier molecular flexibility index (Phi) is 6.58. The highest BCUT2D eigenvalue weighted by Crippen LogP contribution is 2.30. The van der Waals surface area contributed by atoms with Crippen LogP contribution in [0.5, 0.6) is 0 Å². The van der Waals surface area contributed by atoms with Crippen molar-refractivity contribution in [2.75, 3.05) is 52.7 Å². The van der Waals surface area contributed by atoms with Gasteiger partial charge in [-0.05, 0) is 35.5 Å². The maximum absolute atomic E-state index is 5.42. The number of nitrogens with one attached hydrogen (secondary N) is 2. The number of benzene rings is 2. The molecule has 0 aliphatic carbocycles. The summed E-state index contributed by atoms with van der Waals surface area (Å²) in [6, 6.07) is 21.2. The number of thiocarbonyl (C=S) groups is 1. The summed E-state index contributed by atoms with van der Waals surface area (Å²) in [6.45, 7) is 9.67. The quantitative estimate of drug-likeness (QED) is 0.416. The Hall–Kier alpha value is -3.65. The van der Waals surface area contributed by atoms with Gasteiger partial charge in [0.05, 0.1) is 0 Å². The van der Waals surface area contributed by atoms with E-state index in [4.69, 9.17) is 22.2 Å². The molecule has 0 bridgehead atoms. The molecule has 3 aromatic rings. The fourth-order valence-electron chi connectivity index (χ4n) is 4.44. The Morgan fingerprint density at radius 2 is 1.44 bits per heavy atom. The van der Waals surface area contributed by atoms with Crippen LogP contribution in [0.3, 0.4) is 0 Å². The van der Waals surface area contributed by atoms with Gasteiger partial charge >= 0.3 is 0 Å². The molecule has 0 saturated carbocycles. The van der Waals surface area contributed by atoms with Crippen LogP contribution in [0.1, 0.15) is 11.1 Å². The van der Waals surface area contributed by atoms with Crippen molar-refractivity contribution >= 4 is 40.6 Å². The summed E-state index contributed by atoms with van der Waals surface area (Å²) in [4.78, 5) is 16.7. The largest absolute Gasteiger partial charge is 0.368 e. The Morgan fingerprint density at radius 3 is 2.09 bits per heavy atom. The first-order valence-electron chi connectivity index (χ1n) is 11.6.